The van der Waals surface area contributed by atoms with E-state index in [1.165, 1.54) is 28.7 Å². The fraction of sp³-hybridized carbons (Fsp3) is 0.286. The summed E-state index contributed by atoms with van der Waals surface area (Å²) in [6, 6.07) is 14.4. The van der Waals surface area contributed by atoms with Gasteiger partial charge in [0.15, 0.2) is 0 Å². The van der Waals surface area contributed by atoms with Crippen LogP contribution in [0.4, 0.5) is 0 Å². The molecular weight excluding hydrogens is 383 g/mol. The number of hydrogen-bond acceptors (Lipinski definition) is 3. The van der Waals surface area contributed by atoms with Crippen molar-refractivity contribution in [2.24, 2.45) is 0 Å². The molecule has 2 aromatic carbocycles. The average molecular weight is 403 g/mol. The molecule has 0 N–H and O–H groups in total. The van der Waals surface area contributed by atoms with Gasteiger partial charge in [0.2, 0.25) is 0 Å². The number of likely N-dealkylation sites (tertiary alicyclic amines) is 1. The van der Waals surface area contributed by atoms with Crippen LogP contribution in [0.1, 0.15) is 18.4 Å². The molecule has 0 amide bonds. The Labute approximate surface area is 168 Å². The standard InChI is InChI=1S/C21H20Cl2N2S/c22-18-4-1-3-15(9-18)13-25-8-2-5-19(14-25)26-21-11-16-6-7-24-12-17(16)10-20(21)23/h1,3-4,6-7,9-12,19H,2,5,8,13-14H2. The summed E-state index contributed by atoms with van der Waals surface area (Å²) >= 11 is 14.6. The van der Waals surface area contributed by atoms with Gasteiger partial charge in [-0.15, -0.1) is 11.8 Å². The molecule has 1 unspecified atom stereocenters. The summed E-state index contributed by atoms with van der Waals surface area (Å²) in [6.07, 6.45) is 6.13. The zero-order valence-electron chi connectivity index (χ0n) is 14.4. The third kappa shape index (κ3) is 4.34. The van der Waals surface area contributed by atoms with Crippen molar-refractivity contribution in [1.29, 1.82) is 0 Å². The maximum Gasteiger partial charge on any atom is 0.0548 e. The molecule has 0 bridgehead atoms. The zero-order valence-corrected chi connectivity index (χ0v) is 16.7. The molecule has 2 heterocycles. The second-order valence-corrected chi connectivity index (χ2v) is 8.94. The number of rotatable bonds is 4. The van der Waals surface area contributed by atoms with Gasteiger partial charge in [0.25, 0.3) is 0 Å². The van der Waals surface area contributed by atoms with Gasteiger partial charge in [0.05, 0.1) is 5.02 Å². The van der Waals surface area contributed by atoms with Crippen molar-refractivity contribution in [2.45, 2.75) is 29.5 Å². The van der Waals surface area contributed by atoms with Crippen LogP contribution >= 0.6 is 35.0 Å². The first-order valence-electron chi connectivity index (χ1n) is 8.84. The van der Waals surface area contributed by atoms with Crippen molar-refractivity contribution in [1.82, 2.24) is 9.88 Å². The Morgan fingerprint density at radius 3 is 2.92 bits per heavy atom. The van der Waals surface area contributed by atoms with Crippen LogP contribution in [-0.4, -0.2) is 28.2 Å². The van der Waals surface area contributed by atoms with Gasteiger partial charge in [-0.25, -0.2) is 0 Å². The molecule has 1 fully saturated rings. The predicted molar refractivity (Wildman–Crippen MR) is 112 cm³/mol. The van der Waals surface area contributed by atoms with Gasteiger partial charge < -0.3 is 0 Å². The molecule has 1 saturated heterocycles. The van der Waals surface area contributed by atoms with E-state index in [-0.39, 0.29) is 0 Å². The number of halogens is 2. The van der Waals surface area contributed by atoms with Crippen molar-refractivity contribution in [3.63, 3.8) is 0 Å². The third-order valence-electron chi connectivity index (χ3n) is 4.74. The van der Waals surface area contributed by atoms with Crippen LogP contribution in [0.15, 0.2) is 59.8 Å². The Morgan fingerprint density at radius 2 is 2.04 bits per heavy atom. The molecule has 3 aromatic rings. The van der Waals surface area contributed by atoms with E-state index in [1.54, 1.807) is 0 Å². The minimum atomic E-state index is 0.555. The highest BCUT2D eigenvalue weighted by Gasteiger charge is 2.22. The number of benzene rings is 2. The van der Waals surface area contributed by atoms with E-state index in [2.05, 4.69) is 28.1 Å². The number of hydrogen-bond donors (Lipinski definition) is 0. The van der Waals surface area contributed by atoms with Crippen molar-refractivity contribution in [3.05, 3.63) is 70.5 Å². The Balaban J connectivity index is 1.46. The first-order chi connectivity index (χ1) is 12.7. The van der Waals surface area contributed by atoms with Gasteiger partial charge in [-0.1, -0.05) is 35.3 Å². The lowest BCUT2D eigenvalue weighted by molar-refractivity contribution is 0.226. The van der Waals surface area contributed by atoms with E-state index in [0.717, 1.165) is 35.1 Å². The van der Waals surface area contributed by atoms with Gasteiger partial charge in [-0.2, -0.15) is 0 Å². The van der Waals surface area contributed by atoms with Crippen molar-refractivity contribution < 1.29 is 0 Å². The minimum absolute atomic E-state index is 0.555. The smallest absolute Gasteiger partial charge is 0.0548 e. The van der Waals surface area contributed by atoms with E-state index in [1.807, 2.05) is 48.4 Å². The molecule has 0 saturated carbocycles. The molecule has 5 heteroatoms. The average Bonchev–Trinajstić information content (AvgIpc) is 2.63. The van der Waals surface area contributed by atoms with E-state index in [4.69, 9.17) is 23.2 Å². The summed E-state index contributed by atoms with van der Waals surface area (Å²) in [7, 11) is 0. The first kappa shape index (κ1) is 18.1. The monoisotopic (exact) mass is 402 g/mol. The summed E-state index contributed by atoms with van der Waals surface area (Å²) in [5.41, 5.74) is 1.28. The minimum Gasteiger partial charge on any atom is -0.298 e. The van der Waals surface area contributed by atoms with Crippen LogP contribution < -0.4 is 0 Å². The highest BCUT2D eigenvalue weighted by molar-refractivity contribution is 8.00. The summed E-state index contributed by atoms with van der Waals surface area (Å²) in [5, 5.41) is 4.47. The Kier molecular flexibility index (Phi) is 5.70. The van der Waals surface area contributed by atoms with Crippen LogP contribution in [0.5, 0.6) is 0 Å². The van der Waals surface area contributed by atoms with Gasteiger partial charge >= 0.3 is 0 Å². The zero-order chi connectivity index (χ0) is 17.9. The molecule has 4 rings (SSSR count). The molecule has 0 spiro atoms. The quantitative estimate of drug-likeness (QED) is 0.509. The lowest BCUT2D eigenvalue weighted by Gasteiger charge is -2.32. The highest BCUT2D eigenvalue weighted by atomic mass is 35.5. The molecular formula is C21H20Cl2N2S. The van der Waals surface area contributed by atoms with Crippen molar-refractivity contribution in [2.75, 3.05) is 13.1 Å². The molecule has 0 aliphatic carbocycles. The maximum atomic E-state index is 6.53. The summed E-state index contributed by atoms with van der Waals surface area (Å²) in [6.45, 7) is 3.16. The second-order valence-electron chi connectivity index (χ2n) is 6.75. The molecule has 1 aliphatic rings. The summed E-state index contributed by atoms with van der Waals surface area (Å²) in [5.74, 6) is 0. The Hall–Kier alpha value is -1.26. The lowest BCUT2D eigenvalue weighted by atomic mass is 10.1. The van der Waals surface area contributed by atoms with Crippen molar-refractivity contribution in [3.8, 4) is 0 Å². The van der Waals surface area contributed by atoms with Crippen LogP contribution in [0, 0.1) is 0 Å². The topological polar surface area (TPSA) is 16.1 Å². The highest BCUT2D eigenvalue weighted by Crippen LogP contribution is 2.36. The normalized spacial score (nSPS) is 18.3. The summed E-state index contributed by atoms with van der Waals surface area (Å²) in [4.78, 5) is 7.86. The number of pyridine rings is 1. The van der Waals surface area contributed by atoms with E-state index in [9.17, 15) is 0 Å². The van der Waals surface area contributed by atoms with E-state index < -0.39 is 0 Å². The molecule has 134 valence electrons. The fourth-order valence-electron chi connectivity index (χ4n) is 3.50. The lowest BCUT2D eigenvalue weighted by Crippen LogP contribution is -2.36. The van der Waals surface area contributed by atoms with Gasteiger partial charge in [-0.3, -0.25) is 9.88 Å². The van der Waals surface area contributed by atoms with Crippen LogP contribution in [0.2, 0.25) is 10.0 Å². The van der Waals surface area contributed by atoms with Gasteiger partial charge in [0.1, 0.15) is 0 Å². The molecule has 0 radical (unpaired) electrons. The number of aromatic nitrogens is 1. The van der Waals surface area contributed by atoms with Crippen molar-refractivity contribution >= 4 is 45.7 Å². The molecule has 1 atom stereocenters. The number of fused-ring (bicyclic) bond motifs is 1. The molecule has 1 aliphatic heterocycles. The second kappa shape index (κ2) is 8.18. The van der Waals surface area contributed by atoms with E-state index in [0.29, 0.717) is 5.25 Å². The van der Waals surface area contributed by atoms with E-state index >= 15 is 0 Å². The SMILES string of the molecule is Clc1cccc(CN2CCCC(Sc3cc4ccncc4cc3Cl)C2)c1. The number of thioether (sulfide) groups is 1. The van der Waals surface area contributed by atoms with Gasteiger partial charge in [-0.05, 0) is 60.7 Å². The maximum absolute atomic E-state index is 6.53. The fourth-order valence-corrected chi connectivity index (χ4v) is 5.32. The first-order valence-corrected chi connectivity index (χ1v) is 10.5. The molecule has 1 aromatic heterocycles. The van der Waals surface area contributed by atoms with Gasteiger partial charge in [0, 0.05) is 46.0 Å². The Bertz CT molecular complexity index is 915. The number of piperidine rings is 1. The van der Waals surface area contributed by atoms with Crippen LogP contribution in [0.3, 0.4) is 0 Å². The molecule has 2 nitrogen and oxygen atoms in total. The third-order valence-corrected chi connectivity index (χ3v) is 6.71. The predicted octanol–water partition coefficient (Wildman–Crippen LogP) is 6.30. The number of nitrogens with zero attached hydrogens (tertiary/aromatic N) is 2. The van der Waals surface area contributed by atoms with Crippen LogP contribution in [0.25, 0.3) is 10.8 Å². The molecule has 26 heavy (non-hydrogen) atoms. The largest absolute Gasteiger partial charge is 0.298 e. The Morgan fingerprint density at radius 1 is 1.12 bits per heavy atom. The summed E-state index contributed by atoms with van der Waals surface area (Å²) < 4.78 is 0. The van der Waals surface area contributed by atoms with Crippen LogP contribution in [-0.2, 0) is 6.54 Å².